The fraction of sp³-hybridized carbons (Fsp3) is 0.0192. The van der Waals surface area contributed by atoms with Gasteiger partial charge in [-0.3, -0.25) is 0 Å². The minimum Gasteiger partial charge on any atom is -0.457 e. The van der Waals surface area contributed by atoms with E-state index in [0.29, 0.717) is 17.5 Å². The molecule has 0 N–H and O–H groups in total. The molecular weight excluding hydrogens is 715 g/mol. The number of thiophene rings is 1. The van der Waals surface area contributed by atoms with E-state index in [4.69, 9.17) is 19.7 Å². The minimum atomic E-state index is -0.529. The number of fused-ring (bicyclic) bond motifs is 12. The number of aromatic nitrogens is 3. The molecule has 1 aliphatic carbocycles. The first-order valence-corrected chi connectivity index (χ1v) is 20.0. The van der Waals surface area contributed by atoms with Gasteiger partial charge in [0.25, 0.3) is 0 Å². The molecule has 266 valence electrons. The highest BCUT2D eigenvalue weighted by Gasteiger charge is 2.50. The summed E-state index contributed by atoms with van der Waals surface area (Å²) in [6.07, 6.45) is 0. The predicted octanol–water partition coefficient (Wildman–Crippen LogP) is 13.4. The van der Waals surface area contributed by atoms with Crippen molar-refractivity contribution in [1.29, 1.82) is 0 Å². The predicted molar refractivity (Wildman–Crippen MR) is 232 cm³/mol. The van der Waals surface area contributed by atoms with Crippen LogP contribution in [0.15, 0.2) is 188 Å². The number of benzene rings is 8. The lowest BCUT2D eigenvalue weighted by Crippen LogP contribution is -2.32. The lowest BCUT2D eigenvalue weighted by atomic mass is 9.66. The summed E-state index contributed by atoms with van der Waals surface area (Å²) in [5.74, 6) is 3.46. The van der Waals surface area contributed by atoms with Crippen LogP contribution in [0.3, 0.4) is 0 Å². The molecule has 0 saturated carbocycles. The standard InChI is InChI=1S/C52H31N3OS/c1-2-12-33(13-3-1)49-53-50(34-24-22-32(23-25-34)35-26-28-40-39-16-6-11-21-47(39)57-48(40)31-35)55-51(54-49)36-27-29-44-46(30-36)56-45-20-10-9-19-43(45)52(44)41-17-7-4-14-37(41)38-15-5-8-18-42(38)52/h1-31H. The first-order chi connectivity index (χ1) is 28.2. The molecular formula is C52H31N3OS. The van der Waals surface area contributed by atoms with Gasteiger partial charge in [-0.25, -0.2) is 15.0 Å². The Labute approximate surface area is 333 Å². The number of hydrogen-bond donors (Lipinski definition) is 0. The first kappa shape index (κ1) is 32.1. The van der Waals surface area contributed by atoms with Crippen molar-refractivity contribution in [2.24, 2.45) is 0 Å². The maximum Gasteiger partial charge on any atom is 0.164 e. The molecule has 1 aliphatic heterocycles. The monoisotopic (exact) mass is 745 g/mol. The Morgan fingerprint density at radius 3 is 1.63 bits per heavy atom. The molecule has 12 rings (SSSR count). The molecule has 1 spiro atoms. The molecule has 2 aliphatic rings. The fourth-order valence-electron chi connectivity index (χ4n) is 9.07. The number of para-hydroxylation sites is 1. The summed E-state index contributed by atoms with van der Waals surface area (Å²) >= 11 is 1.84. The van der Waals surface area contributed by atoms with Crippen molar-refractivity contribution in [3.63, 3.8) is 0 Å². The molecule has 0 unspecified atom stereocenters. The van der Waals surface area contributed by atoms with Crippen molar-refractivity contribution in [3.8, 4) is 67.9 Å². The van der Waals surface area contributed by atoms with Gasteiger partial charge in [0.05, 0.1) is 5.41 Å². The van der Waals surface area contributed by atoms with E-state index in [-0.39, 0.29) is 0 Å². The molecule has 0 amide bonds. The van der Waals surface area contributed by atoms with Gasteiger partial charge in [-0.05, 0) is 57.6 Å². The second-order valence-corrected chi connectivity index (χ2v) is 15.8. The number of hydrogen-bond acceptors (Lipinski definition) is 5. The summed E-state index contributed by atoms with van der Waals surface area (Å²) in [6.45, 7) is 0. The van der Waals surface area contributed by atoms with E-state index < -0.39 is 5.41 Å². The van der Waals surface area contributed by atoms with Gasteiger partial charge in [-0.2, -0.15) is 0 Å². The van der Waals surface area contributed by atoms with Crippen LogP contribution in [-0.4, -0.2) is 15.0 Å². The van der Waals surface area contributed by atoms with Crippen LogP contribution in [0, 0.1) is 0 Å². The van der Waals surface area contributed by atoms with E-state index in [1.165, 1.54) is 48.0 Å². The number of ether oxygens (including phenoxy) is 1. The second kappa shape index (κ2) is 12.4. The van der Waals surface area contributed by atoms with Crippen LogP contribution in [0.4, 0.5) is 0 Å². The van der Waals surface area contributed by atoms with Gasteiger partial charge in [-0.15, -0.1) is 11.3 Å². The molecule has 0 bridgehead atoms. The molecule has 0 saturated heterocycles. The summed E-state index contributed by atoms with van der Waals surface area (Å²) in [5, 5.41) is 2.61. The maximum atomic E-state index is 6.81. The molecule has 3 heterocycles. The van der Waals surface area contributed by atoms with Crippen molar-refractivity contribution in [1.82, 2.24) is 15.0 Å². The molecule has 4 nitrogen and oxygen atoms in total. The number of rotatable bonds is 4. The zero-order valence-electron chi connectivity index (χ0n) is 30.6. The molecule has 0 atom stereocenters. The highest BCUT2D eigenvalue weighted by atomic mass is 32.1. The van der Waals surface area contributed by atoms with Crippen LogP contribution in [-0.2, 0) is 5.41 Å². The van der Waals surface area contributed by atoms with Crippen molar-refractivity contribution < 1.29 is 4.74 Å². The highest BCUT2D eigenvalue weighted by molar-refractivity contribution is 7.25. The molecule has 8 aromatic carbocycles. The van der Waals surface area contributed by atoms with E-state index in [2.05, 4.69) is 152 Å². The maximum absolute atomic E-state index is 6.81. The van der Waals surface area contributed by atoms with E-state index in [9.17, 15) is 0 Å². The first-order valence-electron chi connectivity index (χ1n) is 19.2. The fourth-order valence-corrected chi connectivity index (χ4v) is 10.2. The van der Waals surface area contributed by atoms with Crippen LogP contribution in [0.1, 0.15) is 22.3 Å². The van der Waals surface area contributed by atoms with Gasteiger partial charge in [0, 0.05) is 48.0 Å². The Balaban J connectivity index is 0.985. The average Bonchev–Trinajstić information content (AvgIpc) is 3.80. The third-order valence-electron chi connectivity index (χ3n) is 11.6. The van der Waals surface area contributed by atoms with Gasteiger partial charge < -0.3 is 4.74 Å². The van der Waals surface area contributed by atoms with E-state index >= 15 is 0 Å². The third-order valence-corrected chi connectivity index (χ3v) is 12.8. The molecule has 0 radical (unpaired) electrons. The van der Waals surface area contributed by atoms with Crippen molar-refractivity contribution in [2.75, 3.05) is 0 Å². The van der Waals surface area contributed by atoms with Gasteiger partial charge >= 0.3 is 0 Å². The van der Waals surface area contributed by atoms with Gasteiger partial charge in [0.1, 0.15) is 11.5 Å². The zero-order valence-corrected chi connectivity index (χ0v) is 31.4. The summed E-state index contributed by atoms with van der Waals surface area (Å²) in [4.78, 5) is 15.3. The summed E-state index contributed by atoms with van der Waals surface area (Å²) in [5.41, 5.74) is 11.8. The quantitative estimate of drug-likeness (QED) is 0.180. The summed E-state index contributed by atoms with van der Waals surface area (Å²) < 4.78 is 9.41. The summed E-state index contributed by atoms with van der Waals surface area (Å²) in [6, 6.07) is 66.5. The van der Waals surface area contributed by atoms with Crippen LogP contribution in [0.2, 0.25) is 0 Å². The molecule has 2 aromatic heterocycles. The SMILES string of the molecule is c1ccc(-c2nc(-c3ccc(-c4ccc5c(c4)sc4ccccc45)cc3)nc(-c3ccc4c(c3)Oc3ccccc3C43c4ccccc4-c4ccccc43)n2)cc1. The molecule has 10 aromatic rings. The Kier molecular flexibility index (Phi) is 6.98. The largest absolute Gasteiger partial charge is 0.457 e. The Morgan fingerprint density at radius 2 is 0.877 bits per heavy atom. The molecule has 57 heavy (non-hydrogen) atoms. The van der Waals surface area contributed by atoms with Crippen molar-refractivity contribution in [2.45, 2.75) is 5.41 Å². The zero-order chi connectivity index (χ0) is 37.5. The highest BCUT2D eigenvalue weighted by Crippen LogP contribution is 2.62. The van der Waals surface area contributed by atoms with Gasteiger partial charge in [0.2, 0.25) is 0 Å². The minimum absolute atomic E-state index is 0.529. The Morgan fingerprint density at radius 1 is 0.351 bits per heavy atom. The number of nitrogens with zero attached hydrogens (tertiary/aromatic N) is 3. The van der Waals surface area contributed by atoms with Crippen LogP contribution in [0.25, 0.3) is 76.6 Å². The van der Waals surface area contributed by atoms with Crippen LogP contribution < -0.4 is 4.74 Å². The van der Waals surface area contributed by atoms with E-state index in [1.807, 2.05) is 47.7 Å². The normalized spacial score (nSPS) is 13.2. The van der Waals surface area contributed by atoms with E-state index in [0.717, 1.165) is 44.9 Å². The van der Waals surface area contributed by atoms with Crippen molar-refractivity contribution >= 4 is 31.5 Å². The van der Waals surface area contributed by atoms with Gasteiger partial charge in [-0.1, -0.05) is 164 Å². The Bertz CT molecular complexity index is 3180. The summed E-state index contributed by atoms with van der Waals surface area (Å²) in [7, 11) is 0. The molecule has 5 heteroatoms. The second-order valence-electron chi connectivity index (χ2n) is 14.7. The third kappa shape index (κ3) is 4.82. The topological polar surface area (TPSA) is 47.9 Å². The average molecular weight is 746 g/mol. The lowest BCUT2D eigenvalue weighted by Gasteiger charge is -2.39. The van der Waals surface area contributed by atoms with Crippen molar-refractivity contribution in [3.05, 3.63) is 210 Å². The van der Waals surface area contributed by atoms with E-state index in [1.54, 1.807) is 0 Å². The smallest absolute Gasteiger partial charge is 0.164 e. The van der Waals surface area contributed by atoms with Gasteiger partial charge in [0.15, 0.2) is 17.5 Å². The lowest BCUT2D eigenvalue weighted by molar-refractivity contribution is 0.436. The molecule has 0 fully saturated rings. The Hall–Kier alpha value is -7.21. The van der Waals surface area contributed by atoms with Crippen LogP contribution in [0.5, 0.6) is 11.5 Å². The van der Waals surface area contributed by atoms with Crippen LogP contribution >= 0.6 is 11.3 Å².